The van der Waals surface area contributed by atoms with Crippen LogP contribution in [0.1, 0.15) is 5.56 Å². The highest BCUT2D eigenvalue weighted by Gasteiger charge is 2.00. The second kappa shape index (κ2) is 5.56. The summed E-state index contributed by atoms with van der Waals surface area (Å²) in [5.41, 5.74) is 0.857. The van der Waals surface area contributed by atoms with Gasteiger partial charge >= 0.3 is 0 Å². The summed E-state index contributed by atoms with van der Waals surface area (Å²) in [6, 6.07) is 5.61. The zero-order valence-electron chi connectivity index (χ0n) is 8.58. The zero-order chi connectivity index (χ0) is 11.3. The monoisotopic (exact) mass is 269 g/mol. The number of hydrogen-bond donors (Lipinski definition) is 1. The fourth-order valence-electron chi connectivity index (χ4n) is 1.08. The average Bonchev–Trinajstić information content (AvgIpc) is 2.26. The number of amides is 1. The molecule has 0 saturated carbocycles. The lowest BCUT2D eigenvalue weighted by Gasteiger charge is -2.04. The number of likely N-dealkylation sites (N-methyl/N-ethyl adjacent to an activating group) is 1. The molecule has 0 spiro atoms. The predicted molar refractivity (Wildman–Crippen MR) is 63.8 cm³/mol. The lowest BCUT2D eigenvalue weighted by atomic mass is 10.2. The Morgan fingerprint density at radius 3 is 2.87 bits per heavy atom. The van der Waals surface area contributed by atoms with Crippen LogP contribution in [0.5, 0.6) is 5.75 Å². The van der Waals surface area contributed by atoms with Crippen molar-refractivity contribution < 1.29 is 9.53 Å². The summed E-state index contributed by atoms with van der Waals surface area (Å²) in [6.07, 6.45) is 3.17. The third kappa shape index (κ3) is 3.40. The van der Waals surface area contributed by atoms with E-state index < -0.39 is 0 Å². The Bertz CT molecular complexity index is 388. The number of carbonyl (C=O) groups excluding carboxylic acids is 1. The smallest absolute Gasteiger partial charge is 0.243 e. The Kier molecular flexibility index (Phi) is 4.37. The molecule has 0 heterocycles. The molecular formula is C11H12BrNO2. The van der Waals surface area contributed by atoms with E-state index in [-0.39, 0.29) is 5.91 Å². The van der Waals surface area contributed by atoms with E-state index in [4.69, 9.17) is 4.74 Å². The molecule has 1 aromatic carbocycles. The van der Waals surface area contributed by atoms with Crippen LogP contribution in [0.3, 0.4) is 0 Å². The molecule has 80 valence electrons. The van der Waals surface area contributed by atoms with Gasteiger partial charge in [-0.1, -0.05) is 15.9 Å². The quantitative estimate of drug-likeness (QED) is 0.855. The van der Waals surface area contributed by atoms with Crippen molar-refractivity contribution >= 4 is 27.9 Å². The molecule has 0 bridgehead atoms. The van der Waals surface area contributed by atoms with Crippen LogP contribution in [0.25, 0.3) is 6.08 Å². The van der Waals surface area contributed by atoms with E-state index in [1.54, 1.807) is 20.2 Å². The molecule has 1 aromatic rings. The lowest BCUT2D eigenvalue weighted by Crippen LogP contribution is -2.13. The Morgan fingerprint density at radius 1 is 1.53 bits per heavy atom. The van der Waals surface area contributed by atoms with Crippen molar-refractivity contribution in [3.8, 4) is 5.75 Å². The van der Waals surface area contributed by atoms with Crippen LogP contribution < -0.4 is 10.1 Å². The number of halogens is 1. The standard InChI is InChI=1S/C11H12BrNO2/c1-13-11(14)6-3-8-7-9(12)4-5-10(8)15-2/h3-7H,1-2H3,(H,13,14). The fraction of sp³-hybridized carbons (Fsp3) is 0.182. The Balaban J connectivity index is 2.96. The van der Waals surface area contributed by atoms with E-state index in [0.717, 1.165) is 15.8 Å². The lowest BCUT2D eigenvalue weighted by molar-refractivity contribution is -0.115. The summed E-state index contributed by atoms with van der Waals surface area (Å²) in [5.74, 6) is 0.593. The maximum Gasteiger partial charge on any atom is 0.243 e. The number of hydrogen-bond acceptors (Lipinski definition) is 2. The van der Waals surface area contributed by atoms with Crippen LogP contribution in [0.4, 0.5) is 0 Å². The molecule has 0 fully saturated rings. The molecule has 0 aliphatic heterocycles. The van der Waals surface area contributed by atoms with Gasteiger partial charge in [0.15, 0.2) is 0 Å². The maximum absolute atomic E-state index is 11.0. The summed E-state index contributed by atoms with van der Waals surface area (Å²) in [4.78, 5) is 11.0. The number of methoxy groups -OCH3 is 1. The second-order valence-electron chi connectivity index (χ2n) is 2.83. The molecule has 0 aliphatic rings. The normalized spacial score (nSPS) is 10.3. The van der Waals surface area contributed by atoms with Gasteiger partial charge in [-0.05, 0) is 24.3 Å². The van der Waals surface area contributed by atoms with Gasteiger partial charge in [0, 0.05) is 23.2 Å². The first-order valence-corrected chi connectivity index (χ1v) is 5.20. The highest BCUT2D eigenvalue weighted by Crippen LogP contribution is 2.23. The molecule has 3 nitrogen and oxygen atoms in total. The predicted octanol–water partition coefficient (Wildman–Crippen LogP) is 2.22. The van der Waals surface area contributed by atoms with Gasteiger partial charge in [0.2, 0.25) is 5.91 Å². The van der Waals surface area contributed by atoms with Crippen molar-refractivity contribution in [3.05, 3.63) is 34.3 Å². The van der Waals surface area contributed by atoms with Crippen LogP contribution in [-0.4, -0.2) is 20.1 Å². The van der Waals surface area contributed by atoms with Gasteiger partial charge in [-0.25, -0.2) is 0 Å². The Hall–Kier alpha value is -1.29. The first kappa shape index (κ1) is 11.8. The van der Waals surface area contributed by atoms with Crippen molar-refractivity contribution in [2.45, 2.75) is 0 Å². The van der Waals surface area contributed by atoms with Gasteiger partial charge < -0.3 is 10.1 Å². The highest BCUT2D eigenvalue weighted by molar-refractivity contribution is 9.10. The average molecular weight is 270 g/mol. The largest absolute Gasteiger partial charge is 0.496 e. The van der Waals surface area contributed by atoms with E-state index in [2.05, 4.69) is 21.2 Å². The number of rotatable bonds is 3. The van der Waals surface area contributed by atoms with Crippen molar-refractivity contribution in [1.29, 1.82) is 0 Å². The molecule has 15 heavy (non-hydrogen) atoms. The van der Waals surface area contributed by atoms with Crippen LogP contribution in [0, 0.1) is 0 Å². The minimum Gasteiger partial charge on any atom is -0.496 e. The van der Waals surface area contributed by atoms with E-state index in [0.29, 0.717) is 0 Å². The molecule has 1 amide bonds. The van der Waals surface area contributed by atoms with E-state index in [9.17, 15) is 4.79 Å². The Labute approximate surface area is 97.3 Å². The van der Waals surface area contributed by atoms with Gasteiger partial charge in [0.1, 0.15) is 5.75 Å². The molecule has 0 saturated heterocycles. The van der Waals surface area contributed by atoms with Gasteiger partial charge in [0.05, 0.1) is 7.11 Å². The van der Waals surface area contributed by atoms with Crippen molar-refractivity contribution in [1.82, 2.24) is 5.32 Å². The molecule has 0 unspecified atom stereocenters. The van der Waals surface area contributed by atoms with Crippen LogP contribution >= 0.6 is 15.9 Å². The third-order valence-electron chi connectivity index (χ3n) is 1.85. The van der Waals surface area contributed by atoms with Crippen LogP contribution in [0.2, 0.25) is 0 Å². The SMILES string of the molecule is CNC(=O)C=Cc1cc(Br)ccc1OC. The number of nitrogens with one attached hydrogen (secondary N) is 1. The summed E-state index contributed by atoms with van der Waals surface area (Å²) in [6.45, 7) is 0. The summed E-state index contributed by atoms with van der Waals surface area (Å²) < 4.78 is 6.11. The topological polar surface area (TPSA) is 38.3 Å². The van der Waals surface area contributed by atoms with Crippen molar-refractivity contribution in [2.24, 2.45) is 0 Å². The number of benzene rings is 1. The fourth-order valence-corrected chi connectivity index (χ4v) is 1.46. The number of ether oxygens (including phenoxy) is 1. The van der Waals surface area contributed by atoms with E-state index >= 15 is 0 Å². The summed E-state index contributed by atoms with van der Waals surface area (Å²) >= 11 is 3.36. The van der Waals surface area contributed by atoms with Crippen LogP contribution in [-0.2, 0) is 4.79 Å². The van der Waals surface area contributed by atoms with E-state index in [1.165, 1.54) is 6.08 Å². The van der Waals surface area contributed by atoms with Gasteiger partial charge in [-0.2, -0.15) is 0 Å². The molecular weight excluding hydrogens is 258 g/mol. The minimum atomic E-state index is -0.142. The number of carbonyl (C=O) groups is 1. The second-order valence-corrected chi connectivity index (χ2v) is 3.75. The molecule has 0 radical (unpaired) electrons. The Morgan fingerprint density at radius 2 is 2.27 bits per heavy atom. The molecule has 4 heteroatoms. The van der Waals surface area contributed by atoms with Gasteiger partial charge in [0.25, 0.3) is 0 Å². The van der Waals surface area contributed by atoms with Crippen molar-refractivity contribution in [3.63, 3.8) is 0 Å². The first-order valence-electron chi connectivity index (χ1n) is 4.40. The summed E-state index contributed by atoms with van der Waals surface area (Å²) in [5, 5.41) is 2.51. The zero-order valence-corrected chi connectivity index (χ0v) is 10.2. The maximum atomic E-state index is 11.0. The van der Waals surface area contributed by atoms with Gasteiger partial charge in [-0.3, -0.25) is 4.79 Å². The van der Waals surface area contributed by atoms with Crippen LogP contribution in [0.15, 0.2) is 28.7 Å². The molecule has 1 rings (SSSR count). The molecule has 0 aliphatic carbocycles. The molecule has 1 N–H and O–H groups in total. The molecule has 0 aromatic heterocycles. The minimum absolute atomic E-state index is 0.142. The van der Waals surface area contributed by atoms with E-state index in [1.807, 2.05) is 18.2 Å². The first-order chi connectivity index (χ1) is 7.17. The summed E-state index contributed by atoms with van der Waals surface area (Å²) in [7, 11) is 3.19. The third-order valence-corrected chi connectivity index (χ3v) is 2.35. The molecule has 0 atom stereocenters. The van der Waals surface area contributed by atoms with Gasteiger partial charge in [-0.15, -0.1) is 0 Å². The van der Waals surface area contributed by atoms with Crippen molar-refractivity contribution in [2.75, 3.05) is 14.2 Å². The highest BCUT2D eigenvalue weighted by atomic mass is 79.9.